The van der Waals surface area contributed by atoms with E-state index in [0.29, 0.717) is 17.9 Å². The minimum absolute atomic E-state index is 0.0432. The van der Waals surface area contributed by atoms with Crippen molar-refractivity contribution in [3.8, 4) is 11.8 Å². The van der Waals surface area contributed by atoms with Crippen LogP contribution in [0.3, 0.4) is 0 Å². The highest BCUT2D eigenvalue weighted by molar-refractivity contribution is 8.03. The summed E-state index contributed by atoms with van der Waals surface area (Å²) in [5.41, 5.74) is 3.30. The van der Waals surface area contributed by atoms with E-state index in [1.165, 1.54) is 0 Å². The van der Waals surface area contributed by atoms with Crippen molar-refractivity contribution < 1.29 is 23.9 Å². The van der Waals surface area contributed by atoms with Gasteiger partial charge in [-0.15, -0.1) is 0 Å². The molecular formula is C27H29N3O5S. The second-order valence-corrected chi connectivity index (χ2v) is 9.11. The number of rotatable bonds is 9. The van der Waals surface area contributed by atoms with E-state index in [4.69, 9.17) is 9.47 Å². The number of thioether (sulfide) groups is 1. The van der Waals surface area contributed by atoms with Crippen molar-refractivity contribution in [2.45, 2.75) is 33.6 Å². The molecule has 0 unspecified atom stereocenters. The fourth-order valence-electron chi connectivity index (χ4n) is 4.11. The lowest BCUT2D eigenvalue weighted by atomic mass is 9.78. The van der Waals surface area contributed by atoms with Crippen LogP contribution in [0.2, 0.25) is 0 Å². The Morgan fingerprint density at radius 2 is 1.78 bits per heavy atom. The smallest absolute Gasteiger partial charge is 0.319 e. The number of ether oxygens (including phenoxy) is 2. The summed E-state index contributed by atoms with van der Waals surface area (Å²) in [5, 5.41) is 15.9. The molecule has 2 N–H and O–H groups in total. The molecule has 0 radical (unpaired) electrons. The molecule has 2 atom stereocenters. The van der Waals surface area contributed by atoms with E-state index < -0.39 is 23.7 Å². The Kier molecular flexibility index (Phi) is 9.14. The predicted molar refractivity (Wildman–Crippen MR) is 138 cm³/mol. The summed E-state index contributed by atoms with van der Waals surface area (Å²) in [6, 6.07) is 14.9. The quantitative estimate of drug-likeness (QED) is 0.386. The monoisotopic (exact) mass is 507 g/mol. The summed E-state index contributed by atoms with van der Waals surface area (Å²) in [5.74, 6) is -3.37. The molecule has 0 aromatic heterocycles. The van der Waals surface area contributed by atoms with Crippen LogP contribution in [0.15, 0.2) is 53.1 Å². The number of para-hydroxylation sites is 2. The van der Waals surface area contributed by atoms with Crippen LogP contribution >= 0.6 is 11.8 Å². The standard InChI is InChI=1S/C27H29N3O5S/c1-5-34-20-13-8-7-12-18(20)22-19(14-28)26(30-25(32)23(22)27(33)35-6-2)36-15-21(31)29-24-16(3)10-9-11-17(24)4/h7-13,22-23H,5-6,15H2,1-4H3,(H,29,31)(H,30,32)/t22-,23-/m1/s1. The molecule has 188 valence electrons. The Hall–Kier alpha value is -3.77. The lowest BCUT2D eigenvalue weighted by Gasteiger charge is -2.32. The third-order valence-electron chi connectivity index (χ3n) is 5.72. The van der Waals surface area contributed by atoms with Crippen molar-refractivity contribution in [3.63, 3.8) is 0 Å². The van der Waals surface area contributed by atoms with E-state index in [-0.39, 0.29) is 28.9 Å². The molecule has 3 rings (SSSR count). The summed E-state index contributed by atoms with van der Waals surface area (Å²) in [6.45, 7) is 7.75. The minimum atomic E-state index is -1.27. The SMILES string of the molecule is CCOC(=O)[C@H]1C(=O)NC(SCC(=O)Nc2c(C)cccc2C)=C(C#N)[C@H]1c1ccccc1OCC. The highest BCUT2D eigenvalue weighted by atomic mass is 32.2. The number of nitrogens with one attached hydrogen (secondary N) is 2. The molecule has 9 heteroatoms. The van der Waals surface area contributed by atoms with Gasteiger partial charge < -0.3 is 20.1 Å². The summed E-state index contributed by atoms with van der Waals surface area (Å²) in [7, 11) is 0. The van der Waals surface area contributed by atoms with E-state index in [0.717, 1.165) is 28.6 Å². The van der Waals surface area contributed by atoms with Crippen molar-refractivity contribution in [3.05, 3.63) is 69.8 Å². The number of carbonyl (C=O) groups excluding carboxylic acids is 3. The lowest BCUT2D eigenvalue weighted by Crippen LogP contribution is -2.44. The number of esters is 1. The first-order chi connectivity index (χ1) is 17.3. The summed E-state index contributed by atoms with van der Waals surface area (Å²) in [6.07, 6.45) is 0. The number of amides is 2. The summed E-state index contributed by atoms with van der Waals surface area (Å²) >= 11 is 1.04. The van der Waals surface area contributed by atoms with Gasteiger partial charge in [-0.25, -0.2) is 0 Å². The number of hydrogen-bond acceptors (Lipinski definition) is 7. The van der Waals surface area contributed by atoms with Crippen LogP contribution in [0.4, 0.5) is 5.69 Å². The first-order valence-electron chi connectivity index (χ1n) is 11.6. The Morgan fingerprint density at radius 3 is 2.42 bits per heavy atom. The minimum Gasteiger partial charge on any atom is -0.494 e. The van der Waals surface area contributed by atoms with Gasteiger partial charge in [0.1, 0.15) is 11.7 Å². The number of benzene rings is 2. The number of nitrogens with zero attached hydrogens (tertiary/aromatic N) is 1. The van der Waals surface area contributed by atoms with Gasteiger partial charge in [0.2, 0.25) is 11.8 Å². The first kappa shape index (κ1) is 26.8. The molecule has 0 aliphatic carbocycles. The van der Waals surface area contributed by atoms with Gasteiger partial charge in [0.15, 0.2) is 0 Å². The Morgan fingerprint density at radius 1 is 1.08 bits per heavy atom. The van der Waals surface area contributed by atoms with E-state index >= 15 is 0 Å². The van der Waals surface area contributed by atoms with E-state index in [9.17, 15) is 19.6 Å². The van der Waals surface area contributed by atoms with Crippen LogP contribution in [0.1, 0.15) is 36.5 Å². The fraction of sp³-hybridized carbons (Fsp3) is 0.333. The molecule has 0 saturated carbocycles. The third kappa shape index (κ3) is 5.89. The second kappa shape index (κ2) is 12.3. The zero-order valence-electron chi connectivity index (χ0n) is 20.7. The van der Waals surface area contributed by atoms with Crippen molar-refractivity contribution in [1.29, 1.82) is 5.26 Å². The van der Waals surface area contributed by atoms with Gasteiger partial charge in [0.25, 0.3) is 0 Å². The molecule has 36 heavy (non-hydrogen) atoms. The van der Waals surface area contributed by atoms with Crippen molar-refractivity contribution in [1.82, 2.24) is 5.32 Å². The number of aryl methyl sites for hydroxylation is 2. The van der Waals surface area contributed by atoms with Gasteiger partial charge in [-0.3, -0.25) is 14.4 Å². The number of allylic oxidation sites excluding steroid dienone is 1. The maximum atomic E-state index is 13.2. The van der Waals surface area contributed by atoms with Crippen molar-refractivity contribution in [2.24, 2.45) is 5.92 Å². The zero-order valence-corrected chi connectivity index (χ0v) is 21.5. The topological polar surface area (TPSA) is 118 Å². The summed E-state index contributed by atoms with van der Waals surface area (Å²) in [4.78, 5) is 38.7. The molecule has 1 heterocycles. The van der Waals surface area contributed by atoms with Gasteiger partial charge in [0.05, 0.1) is 35.6 Å². The number of nitriles is 1. The molecule has 0 saturated heterocycles. The van der Waals surface area contributed by atoms with Crippen molar-refractivity contribution >= 4 is 35.2 Å². The highest BCUT2D eigenvalue weighted by Gasteiger charge is 2.45. The second-order valence-electron chi connectivity index (χ2n) is 8.13. The average Bonchev–Trinajstić information content (AvgIpc) is 2.85. The Bertz CT molecular complexity index is 1210. The fourth-order valence-corrected chi connectivity index (χ4v) is 4.96. The summed E-state index contributed by atoms with van der Waals surface area (Å²) < 4.78 is 10.9. The zero-order chi connectivity index (χ0) is 26.2. The van der Waals surface area contributed by atoms with Crippen LogP contribution in [0, 0.1) is 31.1 Å². The molecule has 0 fully saturated rings. The van der Waals surface area contributed by atoms with Crippen molar-refractivity contribution in [2.75, 3.05) is 24.3 Å². The van der Waals surface area contributed by atoms with Gasteiger partial charge in [-0.05, 0) is 44.9 Å². The maximum absolute atomic E-state index is 13.2. The third-order valence-corrected chi connectivity index (χ3v) is 6.73. The normalized spacial score (nSPS) is 17.1. The van der Waals surface area contributed by atoms with E-state index in [1.807, 2.05) is 39.0 Å². The lowest BCUT2D eigenvalue weighted by molar-refractivity contribution is -0.152. The number of carbonyl (C=O) groups is 3. The largest absolute Gasteiger partial charge is 0.494 e. The average molecular weight is 508 g/mol. The van der Waals surface area contributed by atoms with Gasteiger partial charge in [0, 0.05) is 17.2 Å². The maximum Gasteiger partial charge on any atom is 0.319 e. The molecule has 8 nitrogen and oxygen atoms in total. The molecule has 2 aromatic rings. The van der Waals surface area contributed by atoms with Crippen LogP contribution in [0.25, 0.3) is 0 Å². The van der Waals surface area contributed by atoms with Crippen LogP contribution in [0.5, 0.6) is 5.75 Å². The molecular weight excluding hydrogens is 478 g/mol. The van der Waals surface area contributed by atoms with E-state index in [2.05, 4.69) is 16.7 Å². The molecule has 0 spiro atoms. The highest BCUT2D eigenvalue weighted by Crippen LogP contribution is 2.43. The molecule has 1 aliphatic rings. The van der Waals surface area contributed by atoms with Gasteiger partial charge in [-0.2, -0.15) is 5.26 Å². The predicted octanol–water partition coefficient (Wildman–Crippen LogP) is 4.20. The van der Waals surface area contributed by atoms with Crippen LogP contribution in [-0.4, -0.2) is 36.8 Å². The number of hydrogen-bond donors (Lipinski definition) is 2. The molecule has 2 aromatic carbocycles. The Balaban J connectivity index is 1.97. The van der Waals surface area contributed by atoms with E-state index in [1.54, 1.807) is 31.2 Å². The molecule has 0 bridgehead atoms. The first-order valence-corrected chi connectivity index (χ1v) is 12.6. The molecule has 1 aliphatic heterocycles. The van der Waals surface area contributed by atoms with Gasteiger partial charge >= 0.3 is 5.97 Å². The number of anilines is 1. The Labute approximate surface area is 215 Å². The van der Waals surface area contributed by atoms with Crippen LogP contribution in [-0.2, 0) is 19.1 Å². The van der Waals surface area contributed by atoms with Gasteiger partial charge in [-0.1, -0.05) is 48.2 Å². The van der Waals surface area contributed by atoms with Crippen LogP contribution < -0.4 is 15.4 Å². The molecule has 2 amide bonds.